The minimum atomic E-state index is 0.162. The molecule has 0 N–H and O–H groups in total. The molecule has 0 spiro atoms. The molecule has 0 aliphatic heterocycles. The van der Waals surface area contributed by atoms with Gasteiger partial charge < -0.3 is 4.90 Å². The number of likely N-dealkylation sites (N-methyl/N-ethyl adjacent to an activating group) is 1. The van der Waals surface area contributed by atoms with E-state index in [4.69, 9.17) is 0 Å². The normalized spacial score (nSPS) is 19.7. The second-order valence-corrected chi connectivity index (χ2v) is 6.14. The minimum Gasteiger partial charge on any atom is -0.345 e. The van der Waals surface area contributed by atoms with Gasteiger partial charge in [-0.05, 0) is 42.5 Å². The first-order chi connectivity index (χ1) is 10.7. The molecule has 22 heavy (non-hydrogen) atoms. The van der Waals surface area contributed by atoms with E-state index in [0.717, 1.165) is 25.1 Å². The Hall–Kier alpha value is -2.16. The van der Waals surface area contributed by atoms with Gasteiger partial charge in [-0.15, -0.1) is 0 Å². The van der Waals surface area contributed by atoms with Crippen LogP contribution >= 0.6 is 0 Å². The third kappa shape index (κ3) is 3.19. The van der Waals surface area contributed by atoms with Crippen molar-refractivity contribution >= 4 is 5.91 Å². The zero-order chi connectivity index (χ0) is 15.5. The number of amides is 1. The van der Waals surface area contributed by atoms with Gasteiger partial charge in [-0.25, -0.2) is 0 Å². The quantitative estimate of drug-likeness (QED) is 0.848. The lowest BCUT2D eigenvalue weighted by atomic mass is 10.0. The predicted molar refractivity (Wildman–Crippen MR) is 87.6 cm³/mol. The maximum absolute atomic E-state index is 12.5. The van der Waals surface area contributed by atoms with Crippen molar-refractivity contribution in [2.75, 3.05) is 13.6 Å². The highest BCUT2D eigenvalue weighted by molar-refractivity contribution is 5.83. The third-order valence-electron chi connectivity index (χ3n) is 4.50. The highest BCUT2D eigenvalue weighted by Crippen LogP contribution is 2.49. The molecule has 0 radical (unpaired) electrons. The molecular weight excluding hydrogens is 272 g/mol. The molecule has 2 aromatic rings. The summed E-state index contributed by atoms with van der Waals surface area (Å²) >= 11 is 0. The lowest BCUT2D eigenvalue weighted by molar-refractivity contribution is -0.131. The maximum Gasteiger partial charge on any atom is 0.226 e. The second kappa shape index (κ2) is 6.30. The van der Waals surface area contributed by atoms with Gasteiger partial charge in [-0.3, -0.25) is 9.78 Å². The van der Waals surface area contributed by atoms with E-state index in [-0.39, 0.29) is 11.8 Å². The zero-order valence-corrected chi connectivity index (χ0v) is 13.2. The molecule has 1 aromatic carbocycles. The van der Waals surface area contributed by atoms with Crippen molar-refractivity contribution in [2.24, 2.45) is 5.92 Å². The van der Waals surface area contributed by atoms with Crippen LogP contribution in [0.3, 0.4) is 0 Å². The first kappa shape index (κ1) is 14.8. The van der Waals surface area contributed by atoms with Crippen LogP contribution in [-0.4, -0.2) is 29.4 Å². The molecule has 2 atom stereocenters. The van der Waals surface area contributed by atoms with E-state index in [0.29, 0.717) is 5.92 Å². The van der Waals surface area contributed by atoms with Crippen LogP contribution in [0.5, 0.6) is 0 Å². The number of carbonyl (C=O) groups is 1. The summed E-state index contributed by atoms with van der Waals surface area (Å²) < 4.78 is 0. The molecule has 0 saturated heterocycles. The number of aromatic nitrogens is 1. The number of rotatable bonds is 5. The van der Waals surface area contributed by atoms with E-state index in [1.165, 1.54) is 11.1 Å². The number of pyridine rings is 1. The van der Waals surface area contributed by atoms with Crippen LogP contribution in [0.4, 0.5) is 0 Å². The number of hydrogen-bond acceptors (Lipinski definition) is 2. The Morgan fingerprint density at radius 1 is 1.23 bits per heavy atom. The monoisotopic (exact) mass is 294 g/mol. The first-order valence-corrected chi connectivity index (χ1v) is 7.87. The van der Waals surface area contributed by atoms with Crippen molar-refractivity contribution in [1.82, 2.24) is 9.88 Å². The van der Waals surface area contributed by atoms with Crippen LogP contribution in [0.2, 0.25) is 0 Å². The minimum absolute atomic E-state index is 0.162. The largest absolute Gasteiger partial charge is 0.345 e. The number of aryl methyl sites for hydroxylation is 1. The van der Waals surface area contributed by atoms with E-state index < -0.39 is 0 Å². The zero-order valence-electron chi connectivity index (χ0n) is 13.2. The summed E-state index contributed by atoms with van der Waals surface area (Å²) in [4.78, 5) is 18.7. The lowest BCUT2D eigenvalue weighted by Crippen LogP contribution is -2.30. The Morgan fingerprint density at radius 3 is 2.73 bits per heavy atom. The van der Waals surface area contributed by atoms with Crippen molar-refractivity contribution in [3.63, 3.8) is 0 Å². The van der Waals surface area contributed by atoms with Crippen molar-refractivity contribution in [2.45, 2.75) is 25.7 Å². The van der Waals surface area contributed by atoms with Gasteiger partial charge in [-0.1, -0.05) is 30.3 Å². The summed E-state index contributed by atoms with van der Waals surface area (Å²) in [6.07, 6.45) is 3.59. The lowest BCUT2D eigenvalue weighted by Gasteiger charge is -2.17. The molecule has 1 saturated carbocycles. The number of nitrogens with zero attached hydrogens (tertiary/aromatic N) is 2. The van der Waals surface area contributed by atoms with E-state index in [2.05, 4.69) is 36.2 Å². The molecule has 3 rings (SSSR count). The van der Waals surface area contributed by atoms with Crippen molar-refractivity contribution in [3.05, 3.63) is 65.5 Å². The SMILES string of the molecule is Cc1ccccc1C1CC1C(=O)N(C)CCc1ccccn1. The summed E-state index contributed by atoms with van der Waals surface area (Å²) in [5.41, 5.74) is 3.66. The molecule has 3 nitrogen and oxygen atoms in total. The van der Waals surface area contributed by atoms with E-state index in [1.807, 2.05) is 30.1 Å². The third-order valence-corrected chi connectivity index (χ3v) is 4.50. The maximum atomic E-state index is 12.5. The average Bonchev–Trinajstić information content (AvgIpc) is 3.33. The van der Waals surface area contributed by atoms with Gasteiger partial charge in [0.05, 0.1) is 0 Å². The van der Waals surface area contributed by atoms with E-state index in [1.54, 1.807) is 6.20 Å². The van der Waals surface area contributed by atoms with Crippen molar-refractivity contribution < 1.29 is 4.79 Å². The van der Waals surface area contributed by atoms with Crippen LogP contribution in [0.1, 0.15) is 29.2 Å². The Morgan fingerprint density at radius 2 is 2.00 bits per heavy atom. The van der Waals surface area contributed by atoms with Crippen LogP contribution in [0.15, 0.2) is 48.7 Å². The Kier molecular flexibility index (Phi) is 4.23. The first-order valence-electron chi connectivity index (χ1n) is 7.87. The van der Waals surface area contributed by atoms with Crippen LogP contribution in [-0.2, 0) is 11.2 Å². The molecular formula is C19H22N2O. The summed E-state index contributed by atoms with van der Waals surface area (Å²) in [5.74, 6) is 0.838. The van der Waals surface area contributed by atoms with Crippen LogP contribution in [0.25, 0.3) is 0 Å². The van der Waals surface area contributed by atoms with E-state index in [9.17, 15) is 4.79 Å². The topological polar surface area (TPSA) is 33.2 Å². The molecule has 1 fully saturated rings. The highest BCUT2D eigenvalue weighted by Gasteiger charge is 2.45. The number of hydrogen-bond donors (Lipinski definition) is 0. The fourth-order valence-electron chi connectivity index (χ4n) is 3.04. The summed E-state index contributed by atoms with van der Waals surface area (Å²) in [6, 6.07) is 14.3. The van der Waals surface area contributed by atoms with Gasteiger partial charge in [0.25, 0.3) is 0 Å². The standard InChI is InChI=1S/C19H22N2O/c1-14-7-3-4-9-16(14)17-13-18(17)19(22)21(2)12-10-15-8-5-6-11-20-15/h3-9,11,17-18H,10,12-13H2,1-2H3. The summed E-state index contributed by atoms with van der Waals surface area (Å²) in [7, 11) is 1.90. The molecule has 1 aromatic heterocycles. The highest BCUT2D eigenvalue weighted by atomic mass is 16.2. The van der Waals surface area contributed by atoms with Crippen molar-refractivity contribution in [1.29, 1.82) is 0 Å². The van der Waals surface area contributed by atoms with Gasteiger partial charge in [0, 0.05) is 37.8 Å². The Bertz CT molecular complexity index is 653. The predicted octanol–water partition coefficient (Wildman–Crippen LogP) is 3.19. The van der Waals surface area contributed by atoms with Gasteiger partial charge in [0.2, 0.25) is 5.91 Å². The Labute approximate surface area is 132 Å². The van der Waals surface area contributed by atoms with Gasteiger partial charge in [0.15, 0.2) is 0 Å². The number of benzene rings is 1. The summed E-state index contributed by atoms with van der Waals surface area (Å²) in [6.45, 7) is 2.85. The fourth-order valence-corrected chi connectivity index (χ4v) is 3.04. The smallest absolute Gasteiger partial charge is 0.226 e. The molecule has 3 heteroatoms. The van der Waals surface area contributed by atoms with Crippen LogP contribution in [0, 0.1) is 12.8 Å². The molecule has 1 heterocycles. The van der Waals surface area contributed by atoms with Crippen molar-refractivity contribution in [3.8, 4) is 0 Å². The van der Waals surface area contributed by atoms with E-state index >= 15 is 0 Å². The molecule has 1 aliphatic rings. The molecule has 2 unspecified atom stereocenters. The summed E-state index contributed by atoms with van der Waals surface area (Å²) in [5, 5.41) is 0. The molecule has 1 amide bonds. The molecule has 0 bridgehead atoms. The Balaban J connectivity index is 1.55. The molecule has 1 aliphatic carbocycles. The molecule has 114 valence electrons. The second-order valence-electron chi connectivity index (χ2n) is 6.14. The van der Waals surface area contributed by atoms with Gasteiger partial charge in [-0.2, -0.15) is 0 Å². The van der Waals surface area contributed by atoms with Crippen LogP contribution < -0.4 is 0 Å². The van der Waals surface area contributed by atoms with Gasteiger partial charge >= 0.3 is 0 Å². The fraction of sp³-hybridized carbons (Fsp3) is 0.368. The van der Waals surface area contributed by atoms with Gasteiger partial charge in [0.1, 0.15) is 0 Å². The average molecular weight is 294 g/mol. The number of carbonyl (C=O) groups excluding carboxylic acids is 1.